The third-order valence-electron chi connectivity index (χ3n) is 3.66. The van der Waals surface area contributed by atoms with Crippen LogP contribution in [0.1, 0.15) is 35.2 Å². The second kappa shape index (κ2) is 6.77. The second-order valence-corrected chi connectivity index (χ2v) is 5.88. The molecule has 21 heavy (non-hydrogen) atoms. The first-order valence-corrected chi connectivity index (χ1v) is 7.44. The molecule has 2 rings (SSSR count). The summed E-state index contributed by atoms with van der Waals surface area (Å²) in [4.78, 5) is 12.1. The van der Waals surface area contributed by atoms with Crippen molar-refractivity contribution >= 4 is 17.5 Å². The van der Waals surface area contributed by atoms with Gasteiger partial charge in [-0.15, -0.1) is 0 Å². The van der Waals surface area contributed by atoms with E-state index in [1.165, 1.54) is 11.1 Å². The SMILES string of the molecule is Cc1ccc([C@H](C)NC(=O)Cc2cccc(Cl)c2)cc1C. The predicted molar refractivity (Wildman–Crippen MR) is 87.6 cm³/mol. The van der Waals surface area contributed by atoms with E-state index in [2.05, 4.69) is 37.4 Å². The van der Waals surface area contributed by atoms with Crippen LogP contribution in [-0.2, 0) is 11.2 Å². The Kier molecular flexibility index (Phi) is 5.03. The minimum atomic E-state index is -0.00372. The molecule has 0 spiro atoms. The zero-order chi connectivity index (χ0) is 15.4. The van der Waals surface area contributed by atoms with Gasteiger partial charge in [0.1, 0.15) is 0 Å². The molecule has 0 fully saturated rings. The topological polar surface area (TPSA) is 29.1 Å². The van der Waals surface area contributed by atoms with Crippen LogP contribution in [0.4, 0.5) is 0 Å². The van der Waals surface area contributed by atoms with Crippen molar-refractivity contribution in [1.82, 2.24) is 5.32 Å². The van der Waals surface area contributed by atoms with Crippen LogP contribution in [0.2, 0.25) is 5.02 Å². The van der Waals surface area contributed by atoms with Gasteiger partial charge < -0.3 is 5.32 Å². The molecule has 0 aliphatic heterocycles. The van der Waals surface area contributed by atoms with Gasteiger partial charge in [-0.05, 0) is 55.2 Å². The molecule has 1 N–H and O–H groups in total. The molecule has 2 nitrogen and oxygen atoms in total. The van der Waals surface area contributed by atoms with Crippen molar-refractivity contribution in [2.75, 3.05) is 0 Å². The van der Waals surface area contributed by atoms with Gasteiger partial charge in [0.05, 0.1) is 12.5 Å². The van der Waals surface area contributed by atoms with Crippen molar-refractivity contribution in [2.24, 2.45) is 0 Å². The molecule has 0 aliphatic rings. The van der Waals surface area contributed by atoms with Gasteiger partial charge in [0.25, 0.3) is 0 Å². The number of nitrogens with one attached hydrogen (secondary N) is 1. The van der Waals surface area contributed by atoms with Crippen molar-refractivity contribution in [2.45, 2.75) is 33.2 Å². The number of carbonyl (C=O) groups excluding carboxylic acids is 1. The number of benzene rings is 2. The molecule has 0 heterocycles. The Morgan fingerprint density at radius 1 is 1.14 bits per heavy atom. The van der Waals surface area contributed by atoms with Crippen molar-refractivity contribution in [3.63, 3.8) is 0 Å². The summed E-state index contributed by atoms with van der Waals surface area (Å²) in [5, 5.41) is 3.68. The number of rotatable bonds is 4. The van der Waals surface area contributed by atoms with Gasteiger partial charge in [-0.25, -0.2) is 0 Å². The Bertz CT molecular complexity index is 651. The van der Waals surface area contributed by atoms with Crippen LogP contribution in [0.5, 0.6) is 0 Å². The van der Waals surface area contributed by atoms with Crippen molar-refractivity contribution in [1.29, 1.82) is 0 Å². The quantitative estimate of drug-likeness (QED) is 0.892. The standard InChI is InChI=1S/C18H20ClNO/c1-12-7-8-16(9-13(12)2)14(3)20-18(21)11-15-5-4-6-17(19)10-15/h4-10,14H,11H2,1-3H3,(H,20,21)/t14-/m0/s1. The van der Waals surface area contributed by atoms with Gasteiger partial charge in [-0.1, -0.05) is 41.9 Å². The van der Waals surface area contributed by atoms with E-state index < -0.39 is 0 Å². The lowest BCUT2D eigenvalue weighted by molar-refractivity contribution is -0.121. The molecule has 0 saturated heterocycles. The molecule has 2 aromatic rings. The average Bonchev–Trinajstić information content (AvgIpc) is 2.41. The molecule has 110 valence electrons. The molecular formula is C18H20ClNO. The fourth-order valence-electron chi connectivity index (χ4n) is 2.24. The normalized spacial score (nSPS) is 12.0. The van der Waals surface area contributed by atoms with Crippen molar-refractivity contribution in [3.05, 3.63) is 69.7 Å². The highest BCUT2D eigenvalue weighted by Crippen LogP contribution is 2.17. The number of hydrogen-bond acceptors (Lipinski definition) is 1. The second-order valence-electron chi connectivity index (χ2n) is 5.44. The number of carbonyl (C=O) groups is 1. The monoisotopic (exact) mass is 301 g/mol. The summed E-state index contributed by atoms with van der Waals surface area (Å²) >= 11 is 5.93. The molecule has 2 aromatic carbocycles. The van der Waals surface area contributed by atoms with Gasteiger partial charge >= 0.3 is 0 Å². The van der Waals surface area contributed by atoms with Crippen molar-refractivity contribution < 1.29 is 4.79 Å². The highest BCUT2D eigenvalue weighted by molar-refractivity contribution is 6.30. The molecular weight excluding hydrogens is 282 g/mol. The fraction of sp³-hybridized carbons (Fsp3) is 0.278. The summed E-state index contributed by atoms with van der Waals surface area (Å²) in [7, 11) is 0. The first-order chi connectivity index (χ1) is 9.95. The highest BCUT2D eigenvalue weighted by Gasteiger charge is 2.11. The lowest BCUT2D eigenvalue weighted by Crippen LogP contribution is -2.28. The average molecular weight is 302 g/mol. The Morgan fingerprint density at radius 2 is 1.90 bits per heavy atom. The molecule has 0 bridgehead atoms. The summed E-state index contributed by atoms with van der Waals surface area (Å²) in [5.41, 5.74) is 4.55. The Morgan fingerprint density at radius 3 is 2.57 bits per heavy atom. The first-order valence-electron chi connectivity index (χ1n) is 7.06. The maximum absolute atomic E-state index is 12.1. The Hall–Kier alpha value is -1.80. The summed E-state index contributed by atoms with van der Waals surface area (Å²) in [6.45, 7) is 6.17. The molecule has 3 heteroatoms. The highest BCUT2D eigenvalue weighted by atomic mass is 35.5. The molecule has 0 aromatic heterocycles. The third kappa shape index (κ3) is 4.33. The van der Waals surface area contributed by atoms with Gasteiger partial charge in [0.15, 0.2) is 0 Å². The van der Waals surface area contributed by atoms with Crippen LogP contribution in [0.15, 0.2) is 42.5 Å². The Balaban J connectivity index is 2.00. The lowest BCUT2D eigenvalue weighted by Gasteiger charge is -2.16. The van der Waals surface area contributed by atoms with E-state index in [1.54, 1.807) is 6.07 Å². The Labute approximate surface area is 131 Å². The number of halogens is 1. The third-order valence-corrected chi connectivity index (χ3v) is 3.90. The minimum Gasteiger partial charge on any atom is -0.349 e. The first kappa shape index (κ1) is 15.6. The lowest BCUT2D eigenvalue weighted by atomic mass is 10.0. The molecule has 0 radical (unpaired) electrons. The van der Waals surface area contributed by atoms with E-state index in [1.807, 2.05) is 25.1 Å². The molecule has 1 amide bonds. The molecule has 1 atom stereocenters. The summed E-state index contributed by atoms with van der Waals surface area (Å²) in [5.74, 6) is 0.00277. The van der Waals surface area contributed by atoms with Crippen molar-refractivity contribution in [3.8, 4) is 0 Å². The molecule has 0 saturated carbocycles. The van der Waals surface area contributed by atoms with Gasteiger partial charge in [-0.3, -0.25) is 4.79 Å². The molecule has 0 aliphatic carbocycles. The van der Waals surface area contributed by atoms with E-state index in [0.717, 1.165) is 11.1 Å². The minimum absolute atomic E-state index is 0.00277. The van der Waals surface area contributed by atoms with E-state index >= 15 is 0 Å². The van der Waals surface area contributed by atoms with Gasteiger partial charge in [0, 0.05) is 5.02 Å². The summed E-state index contributed by atoms with van der Waals surface area (Å²) < 4.78 is 0. The maximum Gasteiger partial charge on any atom is 0.224 e. The summed E-state index contributed by atoms with van der Waals surface area (Å²) in [6.07, 6.45) is 0.343. The number of hydrogen-bond donors (Lipinski definition) is 1. The smallest absolute Gasteiger partial charge is 0.224 e. The van der Waals surface area contributed by atoms with E-state index in [4.69, 9.17) is 11.6 Å². The fourth-order valence-corrected chi connectivity index (χ4v) is 2.46. The number of amides is 1. The van der Waals surface area contributed by atoms with E-state index in [-0.39, 0.29) is 11.9 Å². The van der Waals surface area contributed by atoms with Crippen LogP contribution in [0, 0.1) is 13.8 Å². The van der Waals surface area contributed by atoms with Crippen LogP contribution in [0.3, 0.4) is 0 Å². The van der Waals surface area contributed by atoms with E-state index in [9.17, 15) is 4.79 Å². The zero-order valence-electron chi connectivity index (χ0n) is 12.6. The van der Waals surface area contributed by atoms with Crippen LogP contribution >= 0.6 is 11.6 Å². The number of aryl methyl sites for hydroxylation is 2. The largest absolute Gasteiger partial charge is 0.349 e. The van der Waals surface area contributed by atoms with Gasteiger partial charge in [0.2, 0.25) is 5.91 Å². The van der Waals surface area contributed by atoms with Crippen LogP contribution < -0.4 is 5.32 Å². The van der Waals surface area contributed by atoms with E-state index in [0.29, 0.717) is 11.4 Å². The van der Waals surface area contributed by atoms with Gasteiger partial charge in [-0.2, -0.15) is 0 Å². The summed E-state index contributed by atoms with van der Waals surface area (Å²) in [6, 6.07) is 13.7. The van der Waals surface area contributed by atoms with Crippen LogP contribution in [-0.4, -0.2) is 5.91 Å². The van der Waals surface area contributed by atoms with Crippen LogP contribution in [0.25, 0.3) is 0 Å². The predicted octanol–water partition coefficient (Wildman–Crippen LogP) is 4.38. The maximum atomic E-state index is 12.1. The zero-order valence-corrected chi connectivity index (χ0v) is 13.4. The molecule has 0 unspecified atom stereocenters.